The van der Waals surface area contributed by atoms with E-state index in [1.807, 2.05) is 19.0 Å². The van der Waals surface area contributed by atoms with Crippen molar-refractivity contribution in [3.8, 4) is 0 Å². The van der Waals surface area contributed by atoms with Crippen molar-refractivity contribution in [1.82, 2.24) is 23.9 Å². The molecule has 0 aromatic carbocycles. The summed E-state index contributed by atoms with van der Waals surface area (Å²) in [6, 6.07) is 4.72. The van der Waals surface area contributed by atoms with Gasteiger partial charge in [0.05, 0.1) is 17.1 Å². The van der Waals surface area contributed by atoms with Gasteiger partial charge in [-0.2, -0.15) is 0 Å². The molecular formula is C24H33ClN8O4. The Morgan fingerprint density at radius 3 is 1.68 bits per heavy atom. The first-order valence-electron chi connectivity index (χ1n) is 11.3. The first-order valence-corrected chi connectivity index (χ1v) is 11.3. The third kappa shape index (κ3) is 7.48. The number of carbonyl (C=O) groups is 4. The molecule has 0 fully saturated rings. The molecule has 3 aromatic heterocycles. The molecule has 0 saturated carbocycles. The minimum Gasteiger partial charge on any atom is -0.351 e. The Bertz CT molecular complexity index is 1270. The lowest BCUT2D eigenvalue weighted by Crippen LogP contribution is -2.28. The Kier molecular flexibility index (Phi) is 10.1. The van der Waals surface area contributed by atoms with Crippen molar-refractivity contribution in [2.75, 3.05) is 43.1 Å². The Hall–Kier alpha value is -4.03. The van der Waals surface area contributed by atoms with Crippen molar-refractivity contribution >= 4 is 53.6 Å². The molecule has 200 valence electrons. The summed E-state index contributed by atoms with van der Waals surface area (Å²) in [7, 11) is 9.07. The number of anilines is 3. The summed E-state index contributed by atoms with van der Waals surface area (Å²) in [4.78, 5) is 50.7. The monoisotopic (exact) mass is 532 g/mol. The van der Waals surface area contributed by atoms with Crippen molar-refractivity contribution in [2.45, 2.75) is 6.42 Å². The number of aromatic nitrogens is 3. The van der Waals surface area contributed by atoms with Crippen LogP contribution in [-0.2, 0) is 25.9 Å². The largest absolute Gasteiger partial charge is 0.351 e. The number of hydrogen-bond donors (Lipinski definition) is 4. The number of hydrogen-bond acceptors (Lipinski definition) is 5. The molecule has 0 aliphatic carbocycles. The molecule has 0 saturated heterocycles. The normalized spacial score (nSPS) is 10.5. The maximum atomic E-state index is 12.9. The minimum atomic E-state index is -0.391. The van der Waals surface area contributed by atoms with Crippen LogP contribution in [0.3, 0.4) is 0 Å². The highest BCUT2D eigenvalue weighted by atomic mass is 35.5. The number of carbonyl (C=O) groups excluding carboxylic acids is 4. The average Bonchev–Trinajstić information content (AvgIpc) is 3.47. The van der Waals surface area contributed by atoms with Crippen molar-refractivity contribution in [3.63, 3.8) is 0 Å². The Balaban J connectivity index is 0.00000481. The van der Waals surface area contributed by atoms with Gasteiger partial charge in [-0.1, -0.05) is 0 Å². The molecule has 4 amide bonds. The van der Waals surface area contributed by atoms with Crippen LogP contribution >= 0.6 is 12.4 Å². The molecule has 0 spiro atoms. The fourth-order valence-electron chi connectivity index (χ4n) is 3.73. The van der Waals surface area contributed by atoms with Crippen LogP contribution in [0.5, 0.6) is 0 Å². The highest BCUT2D eigenvalue weighted by Crippen LogP contribution is 2.19. The van der Waals surface area contributed by atoms with Crippen LogP contribution in [0, 0.1) is 0 Å². The number of rotatable bonds is 11. The summed E-state index contributed by atoms with van der Waals surface area (Å²) in [6.07, 6.45) is 6.27. The quantitative estimate of drug-likeness (QED) is 0.221. The van der Waals surface area contributed by atoms with Crippen LogP contribution < -0.4 is 21.3 Å². The Morgan fingerprint density at radius 1 is 0.784 bits per heavy atom. The summed E-state index contributed by atoms with van der Waals surface area (Å²) >= 11 is 0. The van der Waals surface area contributed by atoms with Crippen molar-refractivity contribution in [1.29, 1.82) is 0 Å². The zero-order valence-corrected chi connectivity index (χ0v) is 22.3. The highest BCUT2D eigenvalue weighted by Gasteiger charge is 2.18. The summed E-state index contributed by atoms with van der Waals surface area (Å²) in [5.41, 5.74) is 2.50. The highest BCUT2D eigenvalue weighted by molar-refractivity contribution is 6.07. The molecule has 0 bridgehead atoms. The summed E-state index contributed by atoms with van der Waals surface area (Å²) in [5.74, 6) is -0.996. The van der Waals surface area contributed by atoms with Crippen LogP contribution in [0.25, 0.3) is 0 Å². The molecule has 13 heteroatoms. The second kappa shape index (κ2) is 12.8. The van der Waals surface area contributed by atoms with Crippen molar-refractivity contribution in [3.05, 3.63) is 53.9 Å². The van der Waals surface area contributed by atoms with Gasteiger partial charge < -0.3 is 39.9 Å². The average molecular weight is 533 g/mol. The molecule has 4 N–H and O–H groups in total. The van der Waals surface area contributed by atoms with E-state index in [0.717, 1.165) is 13.0 Å². The van der Waals surface area contributed by atoms with E-state index in [2.05, 4.69) is 21.3 Å². The standard InChI is InChI=1S/C24H32N8O4.ClH/c1-29(2)8-6-7-25-22(34)19-10-17(13-31(19)4)27-24(36)21-11-18(14-32(21)5)28-23(35)20-9-16(26-15-33)12-30(20)3;/h9-15H,6-8H2,1-5H3,(H,25,34)(H,26,33)(H,27,36)(H,28,35);1H. The van der Waals surface area contributed by atoms with Crippen LogP contribution in [0.1, 0.15) is 37.9 Å². The van der Waals surface area contributed by atoms with Crippen LogP contribution in [-0.4, -0.2) is 69.9 Å². The van der Waals surface area contributed by atoms with E-state index in [0.29, 0.717) is 47.1 Å². The molecule has 0 radical (unpaired) electrons. The first-order chi connectivity index (χ1) is 17.1. The van der Waals surface area contributed by atoms with E-state index in [9.17, 15) is 19.2 Å². The van der Waals surface area contributed by atoms with Crippen molar-refractivity contribution < 1.29 is 19.2 Å². The van der Waals surface area contributed by atoms with Gasteiger partial charge in [-0.3, -0.25) is 19.2 Å². The van der Waals surface area contributed by atoms with E-state index in [4.69, 9.17) is 0 Å². The Labute approximate surface area is 221 Å². The van der Waals surface area contributed by atoms with Crippen LogP contribution in [0.4, 0.5) is 17.1 Å². The van der Waals surface area contributed by atoms with Gasteiger partial charge in [-0.05, 0) is 45.3 Å². The molecule has 3 aromatic rings. The third-order valence-electron chi connectivity index (χ3n) is 5.52. The number of aryl methyl sites for hydroxylation is 3. The van der Waals surface area contributed by atoms with Gasteiger partial charge in [0.1, 0.15) is 17.1 Å². The molecule has 37 heavy (non-hydrogen) atoms. The summed E-state index contributed by atoms with van der Waals surface area (Å²) in [6.45, 7) is 1.43. The third-order valence-corrected chi connectivity index (χ3v) is 5.52. The molecule has 12 nitrogen and oxygen atoms in total. The van der Waals surface area contributed by atoms with Crippen LogP contribution in [0.2, 0.25) is 0 Å². The second-order valence-corrected chi connectivity index (χ2v) is 8.76. The van der Waals surface area contributed by atoms with Gasteiger partial charge in [0.2, 0.25) is 6.41 Å². The lowest BCUT2D eigenvalue weighted by atomic mass is 10.3. The topological polar surface area (TPSA) is 134 Å². The maximum absolute atomic E-state index is 12.9. The van der Waals surface area contributed by atoms with Gasteiger partial charge in [0, 0.05) is 46.3 Å². The lowest BCUT2D eigenvalue weighted by molar-refractivity contribution is -0.105. The van der Waals surface area contributed by atoms with Gasteiger partial charge in [0.25, 0.3) is 17.7 Å². The van der Waals surface area contributed by atoms with Gasteiger partial charge in [-0.15, -0.1) is 12.4 Å². The van der Waals surface area contributed by atoms with Crippen molar-refractivity contribution in [2.24, 2.45) is 21.1 Å². The molecule has 3 rings (SSSR count). The molecule has 0 aliphatic rings. The molecule has 0 unspecified atom stereocenters. The predicted octanol–water partition coefficient (Wildman–Crippen LogP) is 1.88. The minimum absolute atomic E-state index is 0. The fraction of sp³-hybridized carbons (Fsp3) is 0.333. The van der Waals surface area contributed by atoms with E-state index in [1.165, 1.54) is 0 Å². The summed E-state index contributed by atoms with van der Waals surface area (Å²) < 4.78 is 4.83. The number of amides is 4. The van der Waals surface area contributed by atoms with Gasteiger partial charge >= 0.3 is 0 Å². The number of nitrogens with zero attached hydrogens (tertiary/aromatic N) is 4. The molecular weight excluding hydrogens is 500 g/mol. The van der Waals surface area contributed by atoms with E-state index in [1.54, 1.807) is 71.6 Å². The van der Waals surface area contributed by atoms with E-state index in [-0.39, 0.29) is 18.3 Å². The first kappa shape index (κ1) is 29.2. The molecule has 0 atom stereocenters. The molecule has 3 heterocycles. The number of nitrogens with one attached hydrogen (secondary N) is 4. The Morgan fingerprint density at radius 2 is 1.22 bits per heavy atom. The zero-order valence-electron chi connectivity index (χ0n) is 21.5. The molecule has 0 aliphatic heterocycles. The van der Waals surface area contributed by atoms with E-state index < -0.39 is 11.8 Å². The maximum Gasteiger partial charge on any atom is 0.272 e. The predicted molar refractivity (Wildman–Crippen MR) is 145 cm³/mol. The van der Waals surface area contributed by atoms with E-state index >= 15 is 0 Å². The SMILES string of the molecule is CN(C)CCCNC(=O)c1cc(NC(=O)c2cc(NC(=O)c3cc(NC=O)cn3C)cn2C)cn1C.Cl. The van der Waals surface area contributed by atoms with Crippen LogP contribution in [0.15, 0.2) is 36.8 Å². The zero-order chi connectivity index (χ0) is 26.4. The second-order valence-electron chi connectivity index (χ2n) is 8.76. The fourth-order valence-corrected chi connectivity index (χ4v) is 3.73. The number of halogens is 1. The smallest absolute Gasteiger partial charge is 0.272 e. The lowest BCUT2D eigenvalue weighted by Gasteiger charge is -2.10. The summed E-state index contributed by atoms with van der Waals surface area (Å²) in [5, 5.41) is 10.9. The van der Waals surface area contributed by atoms with Gasteiger partial charge in [0.15, 0.2) is 0 Å². The van der Waals surface area contributed by atoms with Gasteiger partial charge in [-0.25, -0.2) is 0 Å².